The molecule has 0 aromatic carbocycles. The highest BCUT2D eigenvalue weighted by Gasteiger charge is 2.44. The molecule has 1 fully saturated rings. The number of carbonyl (C=O) groups excluding carboxylic acids is 1. The summed E-state index contributed by atoms with van der Waals surface area (Å²) in [6.07, 6.45) is 77.7. The molecule has 0 spiro atoms. The second-order valence-corrected chi connectivity index (χ2v) is 20.0. The number of carbonyl (C=O) groups is 1. The molecule has 0 radical (unpaired) electrons. The van der Waals surface area contributed by atoms with Crippen LogP contribution in [0, 0.1) is 0 Å². The van der Waals surface area contributed by atoms with Crippen LogP contribution in [-0.2, 0) is 14.3 Å². The topological polar surface area (TPSA) is 149 Å². The number of aliphatic hydroxyl groups excluding tert-OH is 5. The van der Waals surface area contributed by atoms with Gasteiger partial charge in [-0.25, -0.2) is 0 Å². The van der Waals surface area contributed by atoms with Crippen molar-refractivity contribution in [3.63, 3.8) is 0 Å². The van der Waals surface area contributed by atoms with E-state index in [9.17, 15) is 30.3 Å². The summed E-state index contributed by atoms with van der Waals surface area (Å²) >= 11 is 0. The Labute approximate surface area is 463 Å². The Balaban J connectivity index is 2.31. The van der Waals surface area contributed by atoms with Crippen LogP contribution >= 0.6 is 0 Å². The number of ether oxygens (including phenoxy) is 2. The maximum absolute atomic E-state index is 13.1. The molecular formula is C67H109NO8. The largest absolute Gasteiger partial charge is 0.394 e. The van der Waals surface area contributed by atoms with Crippen molar-refractivity contribution >= 4 is 5.91 Å². The maximum atomic E-state index is 13.1. The number of unbranched alkanes of at least 4 members (excludes halogenated alkanes) is 17. The number of amides is 1. The first kappa shape index (κ1) is 70.1. The number of allylic oxidation sites excluding steroid dienone is 23. The van der Waals surface area contributed by atoms with Crippen molar-refractivity contribution in [3.8, 4) is 0 Å². The minimum absolute atomic E-state index is 0.229. The lowest BCUT2D eigenvalue weighted by atomic mass is 9.99. The fourth-order valence-corrected chi connectivity index (χ4v) is 8.41. The molecule has 7 atom stereocenters. The molecule has 6 N–H and O–H groups in total. The Morgan fingerprint density at radius 2 is 0.829 bits per heavy atom. The minimum Gasteiger partial charge on any atom is -0.394 e. The lowest BCUT2D eigenvalue weighted by molar-refractivity contribution is -0.302. The van der Waals surface area contributed by atoms with Crippen molar-refractivity contribution in [1.82, 2.24) is 5.32 Å². The Bertz CT molecular complexity index is 1700. The van der Waals surface area contributed by atoms with E-state index < -0.39 is 49.5 Å². The molecule has 0 aromatic rings. The standard InChI is InChI=1S/C67H109NO8/c1-3-5-7-9-11-13-15-17-19-21-23-25-27-28-29-30-31-32-33-34-35-37-39-41-43-45-47-49-51-53-55-57-63(71)68-60(59-75-67-66(74)65(73)64(72)62(58-69)76-67)61(70)56-54-52-50-48-46-44-42-40-38-36-26-24-22-20-18-16-14-12-10-8-6-4-2/h5,7,11,13,17,19,23,25,28-29,31-32,34-35,38-41,45-48,54,56,60-62,64-67,69-70,72-74H,3-4,6,8-10,12,14-16,18,20-22,24,26-27,30,33,36-37,42-44,49-53,55,57-59H2,1-2H3,(H,68,71)/b7-5-,13-11-,19-17-,25-23-,29-28-,32-31-,35-34-,40-38+,41-39-,47-45-,48-46+,56-54+. The van der Waals surface area contributed by atoms with Crippen LogP contribution in [0.5, 0.6) is 0 Å². The van der Waals surface area contributed by atoms with E-state index in [2.05, 4.69) is 153 Å². The van der Waals surface area contributed by atoms with Gasteiger partial charge in [0.2, 0.25) is 5.91 Å². The predicted molar refractivity (Wildman–Crippen MR) is 322 cm³/mol. The molecule has 0 bridgehead atoms. The van der Waals surface area contributed by atoms with Crippen LogP contribution in [0.2, 0.25) is 0 Å². The molecule has 1 saturated heterocycles. The normalized spacial score (nSPS) is 19.9. The van der Waals surface area contributed by atoms with Crippen LogP contribution in [0.15, 0.2) is 146 Å². The zero-order valence-corrected chi connectivity index (χ0v) is 47.7. The van der Waals surface area contributed by atoms with Gasteiger partial charge in [-0.05, 0) is 116 Å². The van der Waals surface area contributed by atoms with Gasteiger partial charge in [-0.2, -0.15) is 0 Å². The van der Waals surface area contributed by atoms with Crippen LogP contribution in [0.3, 0.4) is 0 Å². The van der Waals surface area contributed by atoms with Crippen LogP contribution in [0.1, 0.15) is 213 Å². The summed E-state index contributed by atoms with van der Waals surface area (Å²) in [5, 5.41) is 54.5. The van der Waals surface area contributed by atoms with Crippen molar-refractivity contribution in [3.05, 3.63) is 146 Å². The molecule has 0 aliphatic carbocycles. The van der Waals surface area contributed by atoms with Gasteiger partial charge in [0.1, 0.15) is 24.4 Å². The third-order valence-electron chi connectivity index (χ3n) is 13.1. The smallest absolute Gasteiger partial charge is 0.220 e. The summed E-state index contributed by atoms with van der Waals surface area (Å²) in [6, 6.07) is -0.859. The van der Waals surface area contributed by atoms with Gasteiger partial charge < -0.3 is 40.3 Å². The van der Waals surface area contributed by atoms with Crippen LogP contribution in [0.4, 0.5) is 0 Å². The first-order valence-corrected chi connectivity index (χ1v) is 30.1. The molecule has 7 unspecified atom stereocenters. The first-order chi connectivity index (χ1) is 37.3. The molecule has 1 aliphatic heterocycles. The van der Waals surface area contributed by atoms with E-state index in [1.165, 1.54) is 77.0 Å². The summed E-state index contributed by atoms with van der Waals surface area (Å²) < 4.78 is 11.2. The summed E-state index contributed by atoms with van der Waals surface area (Å²) in [7, 11) is 0. The molecule has 9 heteroatoms. The third kappa shape index (κ3) is 43.1. The maximum Gasteiger partial charge on any atom is 0.220 e. The summed E-state index contributed by atoms with van der Waals surface area (Å²) in [5.41, 5.74) is 0. The fourth-order valence-electron chi connectivity index (χ4n) is 8.41. The van der Waals surface area contributed by atoms with Crippen molar-refractivity contribution in [2.24, 2.45) is 0 Å². The zero-order valence-electron chi connectivity index (χ0n) is 47.7. The number of hydrogen-bond acceptors (Lipinski definition) is 8. The van der Waals surface area contributed by atoms with Gasteiger partial charge in [0, 0.05) is 6.42 Å². The minimum atomic E-state index is -1.59. The van der Waals surface area contributed by atoms with Gasteiger partial charge in [0.15, 0.2) is 6.29 Å². The number of nitrogens with one attached hydrogen (secondary N) is 1. The molecule has 9 nitrogen and oxygen atoms in total. The second-order valence-electron chi connectivity index (χ2n) is 20.0. The van der Waals surface area contributed by atoms with E-state index in [0.717, 1.165) is 103 Å². The van der Waals surface area contributed by atoms with Crippen LogP contribution in [-0.4, -0.2) is 87.5 Å². The molecule has 1 heterocycles. The van der Waals surface area contributed by atoms with E-state index >= 15 is 0 Å². The predicted octanol–water partition coefficient (Wildman–Crippen LogP) is 15.5. The van der Waals surface area contributed by atoms with Gasteiger partial charge in [-0.15, -0.1) is 0 Å². The van der Waals surface area contributed by atoms with Crippen molar-refractivity contribution in [2.45, 2.75) is 256 Å². The highest BCUT2D eigenvalue weighted by Crippen LogP contribution is 2.23. The van der Waals surface area contributed by atoms with Crippen LogP contribution in [0.25, 0.3) is 0 Å². The van der Waals surface area contributed by atoms with E-state index in [1.807, 2.05) is 6.08 Å². The second kappa shape index (κ2) is 54.4. The van der Waals surface area contributed by atoms with Gasteiger partial charge in [-0.1, -0.05) is 237 Å². The Morgan fingerprint density at radius 1 is 0.461 bits per heavy atom. The molecule has 1 rings (SSSR count). The molecule has 1 amide bonds. The summed E-state index contributed by atoms with van der Waals surface area (Å²) in [6.45, 7) is 3.62. The fraction of sp³-hybridized carbons (Fsp3) is 0.627. The highest BCUT2D eigenvalue weighted by atomic mass is 16.7. The average Bonchev–Trinajstić information content (AvgIpc) is 3.42. The molecule has 430 valence electrons. The molecule has 1 aliphatic rings. The molecule has 76 heavy (non-hydrogen) atoms. The van der Waals surface area contributed by atoms with Gasteiger partial charge in [0.05, 0.1) is 25.4 Å². The van der Waals surface area contributed by atoms with Crippen molar-refractivity contribution < 1.29 is 39.8 Å². The van der Waals surface area contributed by atoms with Crippen molar-refractivity contribution in [1.29, 1.82) is 0 Å². The highest BCUT2D eigenvalue weighted by molar-refractivity contribution is 5.76. The molecule has 0 aromatic heterocycles. The number of aliphatic hydroxyl groups is 5. The van der Waals surface area contributed by atoms with E-state index in [4.69, 9.17) is 9.47 Å². The first-order valence-electron chi connectivity index (χ1n) is 30.1. The average molecular weight is 1060 g/mol. The quantitative estimate of drug-likeness (QED) is 0.0261. The van der Waals surface area contributed by atoms with E-state index in [-0.39, 0.29) is 18.9 Å². The Kier molecular flexibility index (Phi) is 50.2. The molecule has 0 saturated carbocycles. The van der Waals surface area contributed by atoms with E-state index in [1.54, 1.807) is 6.08 Å². The lowest BCUT2D eigenvalue weighted by Crippen LogP contribution is -2.60. The SMILES string of the molecule is CC/C=C\C/C=C\C/C=C\C/C=C\C/C=C\C/C=C\C/C=C\C/C=C\C/C=C\CCCCCC(=O)NC(COC1OC(CO)C(O)C(O)C1O)C(O)/C=C/CC/C=C/CC/C=C/CCCCCCCCCCCCCC. The Hall–Kier alpha value is -3.93. The summed E-state index contributed by atoms with van der Waals surface area (Å²) in [4.78, 5) is 13.1. The lowest BCUT2D eigenvalue weighted by Gasteiger charge is -2.40. The third-order valence-corrected chi connectivity index (χ3v) is 13.1. The zero-order chi connectivity index (χ0) is 55.0. The number of rotatable bonds is 49. The van der Waals surface area contributed by atoms with Gasteiger partial charge >= 0.3 is 0 Å². The monoisotopic (exact) mass is 1060 g/mol. The van der Waals surface area contributed by atoms with Gasteiger partial charge in [-0.3, -0.25) is 4.79 Å². The summed E-state index contributed by atoms with van der Waals surface area (Å²) in [5.74, 6) is -0.229. The van der Waals surface area contributed by atoms with E-state index in [0.29, 0.717) is 12.8 Å². The molecular weight excluding hydrogens is 947 g/mol. The van der Waals surface area contributed by atoms with Crippen LogP contribution < -0.4 is 5.32 Å². The Morgan fingerprint density at radius 3 is 1.26 bits per heavy atom. The van der Waals surface area contributed by atoms with Gasteiger partial charge in [0.25, 0.3) is 0 Å². The van der Waals surface area contributed by atoms with Crippen molar-refractivity contribution in [2.75, 3.05) is 13.2 Å². The number of hydrogen-bond donors (Lipinski definition) is 6.